The van der Waals surface area contributed by atoms with Crippen molar-refractivity contribution < 1.29 is 13.3 Å². The largest absolute Gasteiger partial charge is 0.398 e. The third kappa shape index (κ3) is 3.59. The molecule has 0 radical (unpaired) electrons. The van der Waals surface area contributed by atoms with Gasteiger partial charge in [-0.15, -0.1) is 0 Å². The predicted octanol–water partition coefficient (Wildman–Crippen LogP) is 0.818. The fraction of sp³-hybridized carbons (Fsp3) is 0.333. The number of nitrogens with zero attached hydrogens (tertiary/aromatic N) is 1. The number of hydrogen-bond acceptors (Lipinski definition) is 6. The van der Waals surface area contributed by atoms with Crippen LogP contribution in [0, 0.1) is 10.1 Å². The zero-order valence-corrected chi connectivity index (χ0v) is 11.3. The van der Waals surface area contributed by atoms with Crippen molar-refractivity contribution in [1.82, 2.24) is 4.72 Å². The molecule has 0 fully saturated rings. The number of sulfonamides is 1. The average molecular weight is 291 g/mol. The molecule has 0 spiro atoms. The number of nitrogen functional groups attached to an aromatic ring is 1. The second kappa shape index (κ2) is 6.03. The summed E-state index contributed by atoms with van der Waals surface area (Å²) < 4.78 is 26.1. The van der Waals surface area contributed by atoms with Crippen LogP contribution in [0.15, 0.2) is 23.1 Å². The van der Waals surface area contributed by atoms with Gasteiger partial charge in [-0.05, 0) is 12.3 Å². The van der Waals surface area contributed by atoms with Crippen LogP contribution in [0.1, 0.15) is 0 Å². The van der Waals surface area contributed by atoms with Crippen LogP contribution < -0.4 is 10.5 Å². The summed E-state index contributed by atoms with van der Waals surface area (Å²) >= 11 is 1.48. The summed E-state index contributed by atoms with van der Waals surface area (Å²) in [5.74, 6) is 0.605. The molecule has 0 aliphatic heterocycles. The number of benzene rings is 1. The molecule has 0 unspecified atom stereocenters. The maximum Gasteiger partial charge on any atom is 0.270 e. The molecule has 0 atom stereocenters. The number of nitro benzene ring substituents is 1. The van der Waals surface area contributed by atoms with Gasteiger partial charge < -0.3 is 5.73 Å². The highest BCUT2D eigenvalue weighted by molar-refractivity contribution is 7.98. The molecule has 18 heavy (non-hydrogen) atoms. The fourth-order valence-electron chi connectivity index (χ4n) is 1.23. The lowest BCUT2D eigenvalue weighted by Gasteiger charge is -2.08. The van der Waals surface area contributed by atoms with Crippen LogP contribution in [0.3, 0.4) is 0 Å². The summed E-state index contributed by atoms with van der Waals surface area (Å²) in [4.78, 5) is 9.67. The van der Waals surface area contributed by atoms with Crippen molar-refractivity contribution in [1.29, 1.82) is 0 Å². The number of thioether (sulfide) groups is 1. The first-order valence-electron chi connectivity index (χ1n) is 4.91. The summed E-state index contributed by atoms with van der Waals surface area (Å²) in [5, 5.41) is 10.6. The molecule has 0 aromatic heterocycles. The Morgan fingerprint density at radius 3 is 2.72 bits per heavy atom. The smallest absolute Gasteiger partial charge is 0.270 e. The van der Waals surface area contributed by atoms with Crippen LogP contribution in [0.2, 0.25) is 0 Å². The normalized spacial score (nSPS) is 11.4. The van der Waals surface area contributed by atoms with Crippen molar-refractivity contribution in [3.05, 3.63) is 28.3 Å². The van der Waals surface area contributed by atoms with E-state index in [1.165, 1.54) is 17.8 Å². The zero-order chi connectivity index (χ0) is 13.8. The van der Waals surface area contributed by atoms with Crippen LogP contribution in [-0.4, -0.2) is 31.9 Å². The number of nitro groups is 1. The van der Waals surface area contributed by atoms with Crippen molar-refractivity contribution in [2.45, 2.75) is 4.90 Å². The Morgan fingerprint density at radius 1 is 1.50 bits per heavy atom. The van der Waals surface area contributed by atoms with E-state index < -0.39 is 14.9 Å². The Labute approximate surface area is 109 Å². The minimum Gasteiger partial charge on any atom is -0.398 e. The number of hydrogen-bond donors (Lipinski definition) is 2. The quantitative estimate of drug-likeness (QED) is 0.347. The van der Waals surface area contributed by atoms with Gasteiger partial charge in [-0.25, -0.2) is 13.1 Å². The Morgan fingerprint density at radius 2 is 2.17 bits per heavy atom. The Hall–Kier alpha value is -1.32. The second-order valence-corrected chi connectivity index (χ2v) is 6.09. The first-order chi connectivity index (χ1) is 8.38. The van der Waals surface area contributed by atoms with Crippen molar-refractivity contribution in [3.8, 4) is 0 Å². The van der Waals surface area contributed by atoms with E-state index in [2.05, 4.69) is 4.72 Å². The predicted molar refractivity (Wildman–Crippen MR) is 71.1 cm³/mol. The molecule has 1 aromatic carbocycles. The Bertz CT molecular complexity index is 545. The summed E-state index contributed by atoms with van der Waals surface area (Å²) in [6, 6.07) is 3.33. The number of nitrogens with two attached hydrogens (primary N) is 1. The summed E-state index contributed by atoms with van der Waals surface area (Å²) in [6.45, 7) is 0.242. The van der Waals surface area contributed by atoms with E-state index in [0.29, 0.717) is 5.75 Å². The highest BCUT2D eigenvalue weighted by atomic mass is 32.2. The van der Waals surface area contributed by atoms with Gasteiger partial charge in [-0.3, -0.25) is 10.1 Å². The second-order valence-electron chi connectivity index (χ2n) is 3.37. The van der Waals surface area contributed by atoms with Gasteiger partial charge >= 0.3 is 0 Å². The van der Waals surface area contributed by atoms with E-state index in [9.17, 15) is 18.5 Å². The van der Waals surface area contributed by atoms with E-state index in [1.807, 2.05) is 6.26 Å². The molecule has 9 heteroatoms. The topological polar surface area (TPSA) is 115 Å². The molecular weight excluding hydrogens is 278 g/mol. The van der Waals surface area contributed by atoms with Crippen molar-refractivity contribution >= 4 is 33.2 Å². The van der Waals surface area contributed by atoms with Gasteiger partial charge in [0.25, 0.3) is 5.69 Å². The van der Waals surface area contributed by atoms with Gasteiger partial charge in [0, 0.05) is 24.4 Å². The first kappa shape index (κ1) is 14.7. The zero-order valence-electron chi connectivity index (χ0n) is 9.62. The van der Waals surface area contributed by atoms with Gasteiger partial charge in [-0.1, -0.05) is 0 Å². The number of nitrogens with one attached hydrogen (secondary N) is 1. The van der Waals surface area contributed by atoms with Crippen LogP contribution in [0.5, 0.6) is 0 Å². The van der Waals surface area contributed by atoms with Crippen molar-refractivity contribution in [3.63, 3.8) is 0 Å². The molecule has 1 rings (SSSR count). The summed E-state index contributed by atoms with van der Waals surface area (Å²) in [7, 11) is -3.81. The fourth-order valence-corrected chi connectivity index (χ4v) is 2.84. The number of anilines is 1. The molecule has 3 N–H and O–H groups in total. The monoisotopic (exact) mass is 291 g/mol. The maximum atomic E-state index is 11.9. The van der Waals surface area contributed by atoms with E-state index in [-0.39, 0.29) is 22.8 Å². The third-order valence-electron chi connectivity index (χ3n) is 2.10. The SMILES string of the molecule is CSCCNS(=O)(=O)c1cc([N+](=O)[O-])ccc1N. The molecule has 0 aliphatic carbocycles. The third-order valence-corrected chi connectivity index (χ3v) is 4.22. The molecule has 0 saturated carbocycles. The molecule has 0 amide bonds. The molecule has 0 heterocycles. The van der Waals surface area contributed by atoms with Gasteiger partial charge in [0.15, 0.2) is 0 Å². The highest BCUT2D eigenvalue weighted by Gasteiger charge is 2.20. The lowest BCUT2D eigenvalue weighted by atomic mass is 10.3. The van der Waals surface area contributed by atoms with Crippen LogP contribution in [0.25, 0.3) is 0 Å². The van der Waals surface area contributed by atoms with E-state index in [0.717, 1.165) is 12.1 Å². The van der Waals surface area contributed by atoms with Gasteiger partial charge in [-0.2, -0.15) is 11.8 Å². The van der Waals surface area contributed by atoms with Gasteiger partial charge in [0.2, 0.25) is 10.0 Å². The van der Waals surface area contributed by atoms with Crippen molar-refractivity contribution in [2.75, 3.05) is 24.3 Å². The van der Waals surface area contributed by atoms with Crippen molar-refractivity contribution in [2.24, 2.45) is 0 Å². The molecule has 0 aliphatic rings. The minimum atomic E-state index is -3.81. The number of rotatable bonds is 6. The molecule has 100 valence electrons. The summed E-state index contributed by atoms with van der Waals surface area (Å²) in [5.41, 5.74) is 5.21. The Balaban J connectivity index is 3.07. The lowest BCUT2D eigenvalue weighted by molar-refractivity contribution is -0.385. The summed E-state index contributed by atoms with van der Waals surface area (Å²) in [6.07, 6.45) is 1.84. The van der Waals surface area contributed by atoms with Gasteiger partial charge in [0.05, 0.1) is 10.6 Å². The lowest BCUT2D eigenvalue weighted by Crippen LogP contribution is -2.26. The average Bonchev–Trinajstić information content (AvgIpc) is 2.29. The van der Waals surface area contributed by atoms with Crippen LogP contribution in [-0.2, 0) is 10.0 Å². The standard InChI is InChI=1S/C9H13N3O4S2/c1-17-5-4-11-18(15,16)9-6-7(12(13)14)2-3-8(9)10/h2-3,6,11H,4-5,10H2,1H3. The Kier molecular flexibility index (Phi) is 4.93. The van der Waals surface area contributed by atoms with E-state index in [4.69, 9.17) is 5.73 Å². The number of non-ortho nitro benzene ring substituents is 1. The molecule has 0 saturated heterocycles. The van der Waals surface area contributed by atoms with Gasteiger partial charge in [0.1, 0.15) is 4.90 Å². The highest BCUT2D eigenvalue weighted by Crippen LogP contribution is 2.23. The first-order valence-corrected chi connectivity index (χ1v) is 7.78. The molecule has 0 bridgehead atoms. The maximum absolute atomic E-state index is 11.9. The molecular formula is C9H13N3O4S2. The molecule has 1 aromatic rings. The van der Waals surface area contributed by atoms with Crippen LogP contribution >= 0.6 is 11.8 Å². The minimum absolute atomic E-state index is 0.0164. The van der Waals surface area contributed by atoms with Crippen LogP contribution in [0.4, 0.5) is 11.4 Å². The van der Waals surface area contributed by atoms with E-state index in [1.54, 1.807) is 0 Å². The molecule has 7 nitrogen and oxygen atoms in total. The van der Waals surface area contributed by atoms with E-state index >= 15 is 0 Å².